The van der Waals surface area contributed by atoms with E-state index in [1.165, 1.54) is 0 Å². The number of fused-ring (bicyclic) bond motifs is 3. The first-order valence-electron chi connectivity index (χ1n) is 10.8. The molecular weight excluding hydrogens is 402 g/mol. The van der Waals surface area contributed by atoms with Gasteiger partial charge >= 0.3 is 0 Å². The standard InChI is InChI=1S/C24H23N7O/c32-31-17-22-27-21(29-14-12-28(13-15-29)20-8-4-5-10-25-20)16-30(22)24-23(31)19(9-11-26-24)18-6-2-1-3-7-18/h1-10,16-17,26H,11-15H2. The van der Waals surface area contributed by atoms with E-state index in [9.17, 15) is 5.21 Å². The summed E-state index contributed by atoms with van der Waals surface area (Å²) < 4.78 is 2.94. The largest absolute Gasteiger partial charge is 0.618 e. The Kier molecular flexibility index (Phi) is 4.41. The molecule has 1 N–H and O–H groups in total. The highest BCUT2D eigenvalue weighted by Gasteiger charge is 2.28. The summed E-state index contributed by atoms with van der Waals surface area (Å²) in [4.78, 5) is 13.8. The summed E-state index contributed by atoms with van der Waals surface area (Å²) in [5.74, 6) is 2.68. The predicted molar refractivity (Wildman–Crippen MR) is 125 cm³/mol. The third-order valence-corrected chi connectivity index (χ3v) is 6.13. The van der Waals surface area contributed by atoms with E-state index in [2.05, 4.69) is 26.2 Å². The van der Waals surface area contributed by atoms with Crippen LogP contribution < -0.4 is 19.8 Å². The molecule has 4 aromatic rings. The minimum Gasteiger partial charge on any atom is -0.618 e. The van der Waals surface area contributed by atoms with Gasteiger partial charge in [0.05, 0.1) is 11.8 Å². The van der Waals surface area contributed by atoms with Crippen LogP contribution in [0.15, 0.2) is 73.2 Å². The van der Waals surface area contributed by atoms with Gasteiger partial charge in [-0.15, -0.1) is 0 Å². The highest BCUT2D eigenvalue weighted by molar-refractivity contribution is 5.84. The molecule has 1 fully saturated rings. The average molecular weight is 425 g/mol. The summed E-state index contributed by atoms with van der Waals surface area (Å²) in [5.41, 5.74) is 3.24. The van der Waals surface area contributed by atoms with Gasteiger partial charge in [0.1, 0.15) is 11.6 Å². The van der Waals surface area contributed by atoms with Crippen LogP contribution in [0, 0.1) is 5.21 Å². The van der Waals surface area contributed by atoms with Crippen molar-refractivity contribution in [3.63, 3.8) is 0 Å². The molecule has 160 valence electrons. The predicted octanol–water partition coefficient (Wildman–Crippen LogP) is 2.55. The molecule has 3 aromatic heterocycles. The number of imidazole rings is 1. The Bertz CT molecular complexity index is 1290. The highest BCUT2D eigenvalue weighted by atomic mass is 16.5. The minimum atomic E-state index is 0.624. The number of hydrogen-bond acceptors (Lipinski definition) is 6. The van der Waals surface area contributed by atoms with E-state index in [4.69, 9.17) is 4.98 Å². The lowest BCUT2D eigenvalue weighted by Crippen LogP contribution is -2.47. The van der Waals surface area contributed by atoms with Gasteiger partial charge in [-0.3, -0.25) is 4.40 Å². The van der Waals surface area contributed by atoms with Gasteiger partial charge in [0, 0.05) is 38.9 Å². The molecule has 0 bridgehead atoms. The van der Waals surface area contributed by atoms with Crippen LogP contribution in [-0.2, 0) is 0 Å². The summed E-state index contributed by atoms with van der Waals surface area (Å²) in [5, 5.41) is 16.4. The van der Waals surface area contributed by atoms with Gasteiger partial charge in [-0.1, -0.05) is 42.5 Å². The highest BCUT2D eigenvalue weighted by Crippen LogP contribution is 2.31. The van der Waals surface area contributed by atoms with E-state index in [-0.39, 0.29) is 0 Å². The van der Waals surface area contributed by atoms with Crippen molar-refractivity contribution in [2.24, 2.45) is 0 Å². The summed E-state index contributed by atoms with van der Waals surface area (Å²) in [6.45, 7) is 4.12. The number of pyridine rings is 1. The van der Waals surface area contributed by atoms with Crippen LogP contribution in [0.2, 0.25) is 0 Å². The van der Waals surface area contributed by atoms with Crippen molar-refractivity contribution in [2.45, 2.75) is 0 Å². The van der Waals surface area contributed by atoms with Crippen LogP contribution in [0.5, 0.6) is 0 Å². The van der Waals surface area contributed by atoms with E-state index in [1.54, 1.807) is 6.20 Å². The zero-order chi connectivity index (χ0) is 21.5. The Hall–Kier alpha value is -4.07. The molecule has 1 saturated heterocycles. The first-order valence-corrected chi connectivity index (χ1v) is 10.8. The van der Waals surface area contributed by atoms with Gasteiger partial charge in [-0.25, -0.2) is 9.97 Å². The van der Waals surface area contributed by atoms with Gasteiger partial charge in [-0.05, 0) is 17.7 Å². The maximum Gasteiger partial charge on any atom is 0.265 e. The zero-order valence-corrected chi connectivity index (χ0v) is 17.6. The third-order valence-electron chi connectivity index (χ3n) is 6.13. The van der Waals surface area contributed by atoms with Crippen molar-refractivity contribution in [1.29, 1.82) is 0 Å². The van der Waals surface area contributed by atoms with Crippen molar-refractivity contribution in [2.75, 3.05) is 47.8 Å². The molecule has 0 unspecified atom stereocenters. The van der Waals surface area contributed by atoms with Crippen LogP contribution in [0.4, 0.5) is 17.5 Å². The second-order valence-corrected chi connectivity index (χ2v) is 8.01. The molecule has 8 nitrogen and oxygen atoms in total. The van der Waals surface area contributed by atoms with Gasteiger partial charge in [0.15, 0.2) is 5.82 Å². The summed E-state index contributed by atoms with van der Waals surface area (Å²) in [6, 6.07) is 16.0. The van der Waals surface area contributed by atoms with Crippen molar-refractivity contribution in [1.82, 2.24) is 14.4 Å². The van der Waals surface area contributed by atoms with Gasteiger partial charge in [-0.2, -0.15) is 4.73 Å². The number of rotatable bonds is 3. The Morgan fingerprint density at radius 2 is 1.66 bits per heavy atom. The Labute approximate surface area is 185 Å². The lowest BCUT2D eigenvalue weighted by atomic mass is 10.00. The van der Waals surface area contributed by atoms with Crippen LogP contribution >= 0.6 is 0 Å². The molecule has 0 amide bonds. The van der Waals surface area contributed by atoms with Crippen LogP contribution in [0.25, 0.3) is 11.2 Å². The van der Waals surface area contributed by atoms with Gasteiger partial charge < -0.3 is 20.3 Å². The second-order valence-electron chi connectivity index (χ2n) is 8.01. The van der Waals surface area contributed by atoms with Crippen molar-refractivity contribution in [3.05, 3.63) is 89.7 Å². The molecule has 0 radical (unpaired) electrons. The maximum absolute atomic E-state index is 13.0. The number of nitrogens with zero attached hydrogens (tertiary/aromatic N) is 6. The monoisotopic (exact) mass is 425 g/mol. The number of piperazine rings is 1. The smallest absolute Gasteiger partial charge is 0.265 e. The Balaban J connectivity index is 1.32. The van der Waals surface area contributed by atoms with Crippen molar-refractivity contribution < 1.29 is 4.73 Å². The molecule has 5 heterocycles. The maximum atomic E-state index is 13.0. The van der Waals surface area contributed by atoms with Crippen LogP contribution in [0.1, 0.15) is 11.3 Å². The van der Waals surface area contributed by atoms with Crippen molar-refractivity contribution >= 4 is 28.7 Å². The Morgan fingerprint density at radius 1 is 0.906 bits per heavy atom. The summed E-state index contributed by atoms with van der Waals surface area (Å²) in [6.07, 6.45) is 7.49. The second kappa shape index (κ2) is 7.56. The number of hydrogen-bond donors (Lipinski definition) is 1. The first-order chi connectivity index (χ1) is 15.8. The summed E-state index contributed by atoms with van der Waals surface area (Å²) >= 11 is 0. The molecule has 6 rings (SSSR count). The fourth-order valence-corrected chi connectivity index (χ4v) is 4.53. The third kappa shape index (κ3) is 3.11. The molecule has 8 heteroatoms. The number of aromatic nitrogens is 4. The van der Waals surface area contributed by atoms with Crippen LogP contribution in [-0.4, -0.2) is 47.1 Å². The SMILES string of the molecule is [O-][n+]1cc2nc(N3CCN(c4ccccn4)CC3)cn2c2c1C(c1ccccc1)=CCN2. The molecule has 0 spiro atoms. The minimum absolute atomic E-state index is 0.624. The first kappa shape index (κ1) is 18.7. The van der Waals surface area contributed by atoms with Gasteiger partial charge in [0.2, 0.25) is 11.8 Å². The van der Waals surface area contributed by atoms with E-state index in [0.717, 1.165) is 59.5 Å². The van der Waals surface area contributed by atoms with E-state index in [1.807, 2.05) is 65.3 Å². The zero-order valence-electron chi connectivity index (χ0n) is 17.6. The Morgan fingerprint density at radius 3 is 2.41 bits per heavy atom. The van der Waals surface area contributed by atoms with Gasteiger partial charge in [0.25, 0.3) is 5.69 Å². The lowest BCUT2D eigenvalue weighted by Gasteiger charge is -2.35. The number of nitrogens with one attached hydrogen (secondary N) is 1. The molecule has 0 saturated carbocycles. The molecule has 2 aliphatic rings. The summed E-state index contributed by atoms with van der Waals surface area (Å²) in [7, 11) is 0. The molecule has 2 aliphatic heterocycles. The van der Waals surface area contributed by atoms with E-state index in [0.29, 0.717) is 17.9 Å². The molecule has 0 aliphatic carbocycles. The quantitative estimate of drug-likeness (QED) is 0.402. The molecule has 0 atom stereocenters. The van der Waals surface area contributed by atoms with E-state index >= 15 is 0 Å². The number of benzene rings is 1. The fourth-order valence-electron chi connectivity index (χ4n) is 4.53. The molecular formula is C24H23N7O. The van der Waals surface area contributed by atoms with Crippen LogP contribution in [0.3, 0.4) is 0 Å². The fraction of sp³-hybridized carbons (Fsp3) is 0.208. The normalized spacial score (nSPS) is 15.9. The van der Waals surface area contributed by atoms with E-state index < -0.39 is 0 Å². The molecule has 1 aromatic carbocycles. The average Bonchev–Trinajstić information content (AvgIpc) is 3.29. The topological polar surface area (TPSA) is 75.6 Å². The van der Waals surface area contributed by atoms with Crippen molar-refractivity contribution in [3.8, 4) is 0 Å². The molecule has 32 heavy (non-hydrogen) atoms. The lowest BCUT2D eigenvalue weighted by molar-refractivity contribution is -0.606. The number of anilines is 3.